The Bertz CT molecular complexity index is 601. The van der Waals surface area contributed by atoms with Gasteiger partial charge < -0.3 is 20.3 Å². The number of hydrogen-bond donors (Lipinski definition) is 3. The third kappa shape index (κ3) is 3.23. The minimum absolute atomic E-state index is 0.0292. The van der Waals surface area contributed by atoms with Gasteiger partial charge >= 0.3 is 5.97 Å². The number of carboxylic acids is 1. The summed E-state index contributed by atoms with van der Waals surface area (Å²) in [5.74, 6) is -1.03. The molecule has 6 nitrogen and oxygen atoms in total. The van der Waals surface area contributed by atoms with Crippen LogP contribution in [0.3, 0.4) is 0 Å². The van der Waals surface area contributed by atoms with Gasteiger partial charge in [-0.15, -0.1) is 0 Å². The molecule has 20 heavy (non-hydrogen) atoms. The Kier molecular flexibility index (Phi) is 4.86. The SMILES string of the molecule is O=C(O)c1cnc2ccccc2c1NCCOCCO. The number of pyridine rings is 1. The highest BCUT2D eigenvalue weighted by atomic mass is 16.5. The molecular weight excluding hydrogens is 260 g/mol. The number of nitrogens with zero attached hydrogens (tertiary/aromatic N) is 1. The Labute approximate surface area is 116 Å². The van der Waals surface area contributed by atoms with Gasteiger partial charge in [0.25, 0.3) is 0 Å². The van der Waals surface area contributed by atoms with Crippen molar-refractivity contribution in [3.63, 3.8) is 0 Å². The van der Waals surface area contributed by atoms with Gasteiger partial charge in [-0.3, -0.25) is 4.98 Å². The van der Waals surface area contributed by atoms with Gasteiger partial charge in [0.2, 0.25) is 0 Å². The first-order valence-corrected chi connectivity index (χ1v) is 6.27. The molecule has 0 atom stereocenters. The summed E-state index contributed by atoms with van der Waals surface area (Å²) in [5.41, 5.74) is 1.40. The van der Waals surface area contributed by atoms with Crippen LogP contribution in [0.25, 0.3) is 10.9 Å². The molecule has 0 bridgehead atoms. The fourth-order valence-electron chi connectivity index (χ4n) is 1.91. The van der Waals surface area contributed by atoms with Crippen LogP contribution in [-0.4, -0.2) is 47.5 Å². The molecule has 0 amide bonds. The van der Waals surface area contributed by atoms with Crippen LogP contribution in [0.5, 0.6) is 0 Å². The van der Waals surface area contributed by atoms with E-state index in [0.29, 0.717) is 18.8 Å². The van der Waals surface area contributed by atoms with Crippen molar-refractivity contribution < 1.29 is 19.7 Å². The predicted octanol–water partition coefficient (Wildman–Crippen LogP) is 1.35. The second kappa shape index (κ2) is 6.83. The van der Waals surface area contributed by atoms with Crippen LogP contribution in [-0.2, 0) is 4.74 Å². The number of aliphatic hydroxyl groups excluding tert-OH is 1. The summed E-state index contributed by atoms with van der Waals surface area (Å²) in [6.45, 7) is 1.08. The lowest BCUT2D eigenvalue weighted by molar-refractivity contribution is 0.0697. The number of rotatable bonds is 7. The molecule has 0 aliphatic heterocycles. The van der Waals surface area contributed by atoms with E-state index in [0.717, 1.165) is 10.9 Å². The second-order valence-corrected chi connectivity index (χ2v) is 4.13. The van der Waals surface area contributed by atoms with Crippen molar-refractivity contribution in [3.05, 3.63) is 36.0 Å². The number of benzene rings is 1. The molecule has 3 N–H and O–H groups in total. The number of fused-ring (bicyclic) bond motifs is 1. The van der Waals surface area contributed by atoms with Crippen LogP contribution >= 0.6 is 0 Å². The Morgan fingerprint density at radius 2 is 2.10 bits per heavy atom. The Balaban J connectivity index is 2.23. The van der Waals surface area contributed by atoms with Crippen molar-refractivity contribution in [1.82, 2.24) is 4.98 Å². The van der Waals surface area contributed by atoms with E-state index in [1.54, 1.807) is 0 Å². The van der Waals surface area contributed by atoms with E-state index in [1.165, 1.54) is 6.20 Å². The highest BCUT2D eigenvalue weighted by molar-refractivity contribution is 6.04. The largest absolute Gasteiger partial charge is 0.478 e. The Morgan fingerprint density at radius 1 is 1.30 bits per heavy atom. The minimum Gasteiger partial charge on any atom is -0.478 e. The van der Waals surface area contributed by atoms with E-state index >= 15 is 0 Å². The number of para-hydroxylation sites is 1. The zero-order chi connectivity index (χ0) is 14.4. The lowest BCUT2D eigenvalue weighted by Crippen LogP contribution is -2.14. The first kappa shape index (κ1) is 14.2. The van der Waals surface area contributed by atoms with Crippen LogP contribution in [0.15, 0.2) is 30.5 Å². The maximum Gasteiger partial charge on any atom is 0.339 e. The predicted molar refractivity (Wildman–Crippen MR) is 75.1 cm³/mol. The quantitative estimate of drug-likeness (QED) is 0.661. The maximum atomic E-state index is 11.3. The number of carboxylic acid groups (broad SMARTS) is 1. The molecule has 0 radical (unpaired) electrons. The van der Waals surface area contributed by atoms with E-state index in [1.807, 2.05) is 24.3 Å². The molecule has 0 saturated carbocycles. The third-order valence-corrected chi connectivity index (χ3v) is 2.79. The number of nitrogens with one attached hydrogen (secondary N) is 1. The molecular formula is C14H16N2O4. The summed E-state index contributed by atoms with van der Waals surface area (Å²) in [6.07, 6.45) is 1.35. The van der Waals surface area contributed by atoms with Crippen LogP contribution in [0, 0.1) is 0 Å². The van der Waals surface area contributed by atoms with Crippen LogP contribution in [0.4, 0.5) is 5.69 Å². The Morgan fingerprint density at radius 3 is 2.85 bits per heavy atom. The molecule has 1 aromatic carbocycles. The van der Waals surface area contributed by atoms with Crippen molar-refractivity contribution in [1.29, 1.82) is 0 Å². The average molecular weight is 276 g/mol. The maximum absolute atomic E-state index is 11.3. The minimum atomic E-state index is -1.03. The van der Waals surface area contributed by atoms with E-state index < -0.39 is 5.97 Å². The summed E-state index contributed by atoms with van der Waals surface area (Å²) in [4.78, 5) is 15.4. The number of anilines is 1. The summed E-state index contributed by atoms with van der Waals surface area (Å²) in [7, 11) is 0. The van der Waals surface area contributed by atoms with E-state index in [-0.39, 0.29) is 18.8 Å². The molecule has 0 unspecified atom stereocenters. The van der Waals surface area contributed by atoms with Gasteiger partial charge in [-0.25, -0.2) is 4.79 Å². The number of aromatic carboxylic acids is 1. The van der Waals surface area contributed by atoms with E-state index in [4.69, 9.17) is 9.84 Å². The first-order chi connectivity index (χ1) is 9.74. The van der Waals surface area contributed by atoms with Crippen molar-refractivity contribution in [2.75, 3.05) is 31.7 Å². The smallest absolute Gasteiger partial charge is 0.339 e. The normalized spacial score (nSPS) is 10.7. The van der Waals surface area contributed by atoms with Crippen molar-refractivity contribution in [2.45, 2.75) is 0 Å². The van der Waals surface area contributed by atoms with E-state index in [9.17, 15) is 9.90 Å². The molecule has 0 spiro atoms. The van der Waals surface area contributed by atoms with Crippen LogP contribution in [0.2, 0.25) is 0 Å². The highest BCUT2D eigenvalue weighted by Crippen LogP contribution is 2.25. The molecule has 0 fully saturated rings. The third-order valence-electron chi connectivity index (χ3n) is 2.79. The summed E-state index contributed by atoms with van der Waals surface area (Å²) < 4.78 is 5.14. The van der Waals surface area contributed by atoms with Gasteiger partial charge in [-0.1, -0.05) is 18.2 Å². The summed E-state index contributed by atoms with van der Waals surface area (Å²) >= 11 is 0. The number of aliphatic hydroxyl groups is 1. The van der Waals surface area contributed by atoms with Crippen molar-refractivity contribution >= 4 is 22.6 Å². The molecule has 2 rings (SSSR count). The standard InChI is InChI=1S/C14H16N2O4/c17-6-8-20-7-5-15-13-10-3-1-2-4-12(10)16-9-11(13)14(18)19/h1-4,9,17H,5-8H2,(H,15,16)(H,18,19). The number of carbonyl (C=O) groups is 1. The first-order valence-electron chi connectivity index (χ1n) is 6.27. The molecule has 1 heterocycles. The molecule has 0 saturated heterocycles. The van der Waals surface area contributed by atoms with Crippen LogP contribution < -0.4 is 5.32 Å². The number of aromatic nitrogens is 1. The van der Waals surface area contributed by atoms with Gasteiger partial charge in [0, 0.05) is 18.1 Å². The molecule has 1 aromatic heterocycles. The van der Waals surface area contributed by atoms with Crippen molar-refractivity contribution in [2.24, 2.45) is 0 Å². The molecule has 6 heteroatoms. The lowest BCUT2D eigenvalue weighted by atomic mass is 10.1. The van der Waals surface area contributed by atoms with Crippen molar-refractivity contribution in [3.8, 4) is 0 Å². The number of hydrogen-bond acceptors (Lipinski definition) is 5. The monoisotopic (exact) mass is 276 g/mol. The van der Waals surface area contributed by atoms with Gasteiger partial charge in [0.1, 0.15) is 5.56 Å². The highest BCUT2D eigenvalue weighted by Gasteiger charge is 2.13. The van der Waals surface area contributed by atoms with Gasteiger partial charge in [-0.2, -0.15) is 0 Å². The van der Waals surface area contributed by atoms with Gasteiger partial charge in [0.15, 0.2) is 0 Å². The summed E-state index contributed by atoms with van der Waals surface area (Å²) in [5, 5.41) is 21.7. The fraction of sp³-hybridized carbons (Fsp3) is 0.286. The number of ether oxygens (including phenoxy) is 1. The molecule has 2 aromatic rings. The molecule has 0 aliphatic rings. The molecule has 0 aliphatic carbocycles. The van der Waals surface area contributed by atoms with Gasteiger partial charge in [-0.05, 0) is 6.07 Å². The summed E-state index contributed by atoms with van der Waals surface area (Å²) in [6, 6.07) is 7.34. The van der Waals surface area contributed by atoms with E-state index in [2.05, 4.69) is 10.3 Å². The lowest BCUT2D eigenvalue weighted by Gasteiger charge is -2.12. The fourth-order valence-corrected chi connectivity index (χ4v) is 1.91. The van der Waals surface area contributed by atoms with Crippen LogP contribution in [0.1, 0.15) is 10.4 Å². The second-order valence-electron chi connectivity index (χ2n) is 4.13. The molecule has 106 valence electrons. The zero-order valence-corrected chi connectivity index (χ0v) is 10.9. The zero-order valence-electron chi connectivity index (χ0n) is 10.9. The average Bonchev–Trinajstić information content (AvgIpc) is 2.46. The Hall–Kier alpha value is -2.18. The van der Waals surface area contributed by atoms with Gasteiger partial charge in [0.05, 0.1) is 31.0 Å². The topological polar surface area (TPSA) is 91.7 Å².